The summed E-state index contributed by atoms with van der Waals surface area (Å²) in [5.41, 5.74) is 4.04. The zero-order chi connectivity index (χ0) is 30.1. The minimum Gasteiger partial charge on any atom is -0.494 e. The van der Waals surface area contributed by atoms with Crippen LogP contribution in [0.3, 0.4) is 0 Å². The van der Waals surface area contributed by atoms with Gasteiger partial charge in [-0.05, 0) is 33.0 Å². The third-order valence-electron chi connectivity index (χ3n) is 7.99. The van der Waals surface area contributed by atoms with Crippen molar-refractivity contribution in [3.8, 4) is 16.9 Å². The number of piperazine rings is 1. The van der Waals surface area contributed by atoms with E-state index < -0.39 is 17.7 Å². The average molecular weight is 591 g/mol. The second-order valence-corrected chi connectivity index (χ2v) is 11.2. The van der Waals surface area contributed by atoms with Crippen LogP contribution in [0.5, 0.6) is 5.75 Å². The molecular formula is C31H36F2N8O2. The molecule has 4 heterocycles. The van der Waals surface area contributed by atoms with Crippen LogP contribution in [0, 0.1) is 11.6 Å². The highest BCUT2D eigenvalue weighted by Gasteiger charge is 2.32. The van der Waals surface area contributed by atoms with Crippen LogP contribution in [0.25, 0.3) is 11.1 Å². The summed E-state index contributed by atoms with van der Waals surface area (Å²) < 4.78 is 36.5. The standard InChI is InChI=1S/C31H36F2N8O2/c1-20(2)40-18-21(17-36-40)23-14-25(28(42-4)15-27(23)39-11-9-38(3)10-12-39)37-29-16-30(35-19-34-29)41-26(8-13-43-41)22-6-5-7-24(32)31(22)33/h5-7,14-20,26H,8-13H2,1-4H3,(H,34,35,37)/t26-/m1/s1. The van der Waals surface area contributed by atoms with Gasteiger partial charge in [0.2, 0.25) is 0 Å². The van der Waals surface area contributed by atoms with Crippen molar-refractivity contribution >= 4 is 23.0 Å². The largest absolute Gasteiger partial charge is 0.494 e. The molecule has 226 valence electrons. The summed E-state index contributed by atoms with van der Waals surface area (Å²) in [7, 11) is 3.78. The van der Waals surface area contributed by atoms with Gasteiger partial charge in [0.15, 0.2) is 17.5 Å². The Morgan fingerprint density at radius 2 is 1.88 bits per heavy atom. The number of nitrogens with zero attached hydrogens (tertiary/aromatic N) is 7. The molecule has 0 bridgehead atoms. The van der Waals surface area contributed by atoms with E-state index in [-0.39, 0.29) is 11.6 Å². The Hall–Kier alpha value is -4.29. The second kappa shape index (κ2) is 12.1. The van der Waals surface area contributed by atoms with E-state index in [1.54, 1.807) is 19.2 Å². The van der Waals surface area contributed by atoms with Gasteiger partial charge in [-0.2, -0.15) is 5.10 Å². The fourth-order valence-corrected chi connectivity index (χ4v) is 5.56. The summed E-state index contributed by atoms with van der Waals surface area (Å²) in [5.74, 6) is -0.195. The van der Waals surface area contributed by atoms with Gasteiger partial charge in [-0.3, -0.25) is 9.52 Å². The quantitative estimate of drug-likeness (QED) is 0.283. The lowest BCUT2D eigenvalue weighted by molar-refractivity contribution is 0.156. The molecule has 2 aromatic heterocycles. The highest BCUT2D eigenvalue weighted by atomic mass is 19.2. The Labute approximate surface area is 249 Å². The van der Waals surface area contributed by atoms with Gasteiger partial charge < -0.3 is 19.9 Å². The molecule has 2 fully saturated rings. The van der Waals surface area contributed by atoms with Crippen LogP contribution in [0.1, 0.15) is 37.9 Å². The molecule has 0 aliphatic carbocycles. The highest BCUT2D eigenvalue weighted by Crippen LogP contribution is 2.42. The monoisotopic (exact) mass is 590 g/mol. The van der Waals surface area contributed by atoms with Crippen molar-refractivity contribution < 1.29 is 18.4 Å². The smallest absolute Gasteiger partial charge is 0.164 e. The maximum absolute atomic E-state index is 14.7. The predicted octanol–water partition coefficient (Wildman–Crippen LogP) is 5.59. The summed E-state index contributed by atoms with van der Waals surface area (Å²) >= 11 is 0. The number of hydrogen-bond acceptors (Lipinski definition) is 9. The minimum absolute atomic E-state index is 0.221. The Kier molecular flexibility index (Phi) is 8.13. The van der Waals surface area contributed by atoms with E-state index in [0.29, 0.717) is 36.1 Å². The van der Waals surface area contributed by atoms with E-state index >= 15 is 0 Å². The first-order chi connectivity index (χ1) is 20.8. The molecule has 0 spiro atoms. The third-order valence-corrected chi connectivity index (χ3v) is 7.99. The Balaban J connectivity index is 1.34. The SMILES string of the molecule is COc1cc(N2CCN(C)CC2)c(-c2cnn(C(C)C)c2)cc1Nc1cc(N2OCC[C@@H]2c2cccc(F)c2F)ncn1. The molecule has 0 amide bonds. The molecule has 6 rings (SSSR count). The number of methoxy groups -OCH3 is 1. The van der Waals surface area contributed by atoms with E-state index in [0.717, 1.165) is 49.1 Å². The number of likely N-dealkylation sites (N-methyl/N-ethyl adjacent to an activating group) is 1. The topological polar surface area (TPSA) is 83.8 Å². The van der Waals surface area contributed by atoms with Crippen molar-refractivity contribution in [1.82, 2.24) is 24.6 Å². The number of nitrogens with one attached hydrogen (secondary N) is 1. The molecule has 2 aliphatic rings. The lowest BCUT2D eigenvalue weighted by Gasteiger charge is -2.35. The molecule has 2 aliphatic heterocycles. The molecule has 2 saturated heterocycles. The number of aromatic nitrogens is 4. The maximum Gasteiger partial charge on any atom is 0.164 e. The fourth-order valence-electron chi connectivity index (χ4n) is 5.56. The fraction of sp³-hybridized carbons (Fsp3) is 0.387. The number of ether oxygens (including phenoxy) is 1. The number of halogens is 2. The zero-order valence-electron chi connectivity index (χ0n) is 24.8. The van der Waals surface area contributed by atoms with Crippen LogP contribution < -0.4 is 20.0 Å². The van der Waals surface area contributed by atoms with Crippen LogP contribution in [0.15, 0.2) is 55.1 Å². The van der Waals surface area contributed by atoms with E-state index in [1.807, 2.05) is 10.9 Å². The summed E-state index contributed by atoms with van der Waals surface area (Å²) in [4.78, 5) is 19.3. The molecule has 10 nitrogen and oxygen atoms in total. The zero-order valence-corrected chi connectivity index (χ0v) is 24.8. The average Bonchev–Trinajstić information content (AvgIpc) is 3.70. The Morgan fingerprint density at radius 1 is 1.07 bits per heavy atom. The molecule has 0 radical (unpaired) electrons. The van der Waals surface area contributed by atoms with Crippen LogP contribution in [0.4, 0.5) is 31.8 Å². The minimum atomic E-state index is -0.892. The van der Waals surface area contributed by atoms with Gasteiger partial charge in [0, 0.05) is 79.3 Å². The molecule has 1 atom stereocenters. The van der Waals surface area contributed by atoms with E-state index in [1.165, 1.54) is 17.5 Å². The molecule has 1 N–H and O–H groups in total. The molecule has 43 heavy (non-hydrogen) atoms. The van der Waals surface area contributed by atoms with Crippen LogP contribution in [-0.2, 0) is 4.84 Å². The van der Waals surface area contributed by atoms with Crippen LogP contribution >= 0.6 is 0 Å². The lowest BCUT2D eigenvalue weighted by atomic mass is 10.0. The summed E-state index contributed by atoms with van der Waals surface area (Å²) in [6.45, 7) is 8.28. The number of rotatable bonds is 8. The molecule has 0 saturated carbocycles. The van der Waals surface area contributed by atoms with Crippen molar-refractivity contribution in [2.24, 2.45) is 0 Å². The first-order valence-electron chi connectivity index (χ1n) is 14.5. The predicted molar refractivity (Wildman–Crippen MR) is 162 cm³/mol. The highest BCUT2D eigenvalue weighted by molar-refractivity contribution is 5.85. The first-order valence-corrected chi connectivity index (χ1v) is 14.5. The van der Waals surface area contributed by atoms with Gasteiger partial charge >= 0.3 is 0 Å². The van der Waals surface area contributed by atoms with E-state index in [2.05, 4.69) is 69.4 Å². The molecular weight excluding hydrogens is 554 g/mol. The normalized spacial score (nSPS) is 17.6. The second-order valence-electron chi connectivity index (χ2n) is 11.2. The molecule has 0 unspecified atom stereocenters. The van der Waals surface area contributed by atoms with E-state index in [4.69, 9.17) is 9.57 Å². The van der Waals surface area contributed by atoms with Crippen molar-refractivity contribution in [3.05, 3.63) is 72.3 Å². The van der Waals surface area contributed by atoms with Crippen molar-refractivity contribution in [1.29, 1.82) is 0 Å². The van der Waals surface area contributed by atoms with Gasteiger partial charge in [-0.25, -0.2) is 23.8 Å². The van der Waals surface area contributed by atoms with Gasteiger partial charge in [0.25, 0.3) is 0 Å². The molecule has 12 heteroatoms. The number of benzene rings is 2. The first kappa shape index (κ1) is 28.8. The summed E-state index contributed by atoms with van der Waals surface area (Å²) in [5, 5.41) is 9.51. The van der Waals surface area contributed by atoms with Gasteiger partial charge in [-0.15, -0.1) is 0 Å². The maximum atomic E-state index is 14.7. The number of hydrogen-bond donors (Lipinski definition) is 1. The van der Waals surface area contributed by atoms with Crippen molar-refractivity contribution in [2.75, 3.05) is 62.2 Å². The van der Waals surface area contributed by atoms with Gasteiger partial charge in [0.1, 0.15) is 17.9 Å². The Morgan fingerprint density at radius 3 is 2.63 bits per heavy atom. The number of hydroxylamine groups is 1. The lowest BCUT2D eigenvalue weighted by Crippen LogP contribution is -2.44. The van der Waals surface area contributed by atoms with E-state index in [9.17, 15) is 8.78 Å². The van der Waals surface area contributed by atoms with Gasteiger partial charge in [0.05, 0.1) is 31.6 Å². The van der Waals surface area contributed by atoms with Crippen LogP contribution in [0.2, 0.25) is 0 Å². The molecule has 4 aromatic rings. The summed E-state index contributed by atoms with van der Waals surface area (Å²) in [6, 6.07) is 9.72. The van der Waals surface area contributed by atoms with Crippen LogP contribution in [-0.4, -0.2) is 71.6 Å². The van der Waals surface area contributed by atoms with Crippen molar-refractivity contribution in [3.63, 3.8) is 0 Å². The molecule has 2 aromatic carbocycles. The van der Waals surface area contributed by atoms with Crippen molar-refractivity contribution in [2.45, 2.75) is 32.4 Å². The summed E-state index contributed by atoms with van der Waals surface area (Å²) in [6.07, 6.45) is 5.86. The number of anilines is 4. The van der Waals surface area contributed by atoms with Gasteiger partial charge in [-0.1, -0.05) is 12.1 Å². The Bertz CT molecular complexity index is 1590. The third kappa shape index (κ3) is 5.84.